The van der Waals surface area contributed by atoms with Crippen LogP contribution in [-0.2, 0) is 0 Å². The zero-order valence-electron chi connectivity index (χ0n) is 5.07. The minimum absolute atomic E-state index is 0.721. The Labute approximate surface area is 46.2 Å². The van der Waals surface area contributed by atoms with Gasteiger partial charge < -0.3 is 0 Å². The van der Waals surface area contributed by atoms with Crippen molar-refractivity contribution in [1.82, 2.24) is 0 Å². The molecule has 0 unspecified atom stereocenters. The van der Waals surface area contributed by atoms with Gasteiger partial charge in [0, 0.05) is 0 Å². The molecule has 0 aromatic heterocycles. The summed E-state index contributed by atoms with van der Waals surface area (Å²) in [5.41, 5.74) is 2.44. The molecular formula is C6H12Si. The first-order chi connectivity index (χ1) is 3.21. The molecule has 7 heavy (non-hydrogen) atoms. The maximum absolute atomic E-state index is 2.44. The van der Waals surface area contributed by atoms with Crippen molar-refractivity contribution in [3.8, 4) is 0 Å². The van der Waals surface area contributed by atoms with Crippen molar-refractivity contribution in [3.05, 3.63) is 11.8 Å². The van der Waals surface area contributed by atoms with E-state index in [2.05, 4.69) is 24.9 Å². The molecule has 1 aliphatic heterocycles. The van der Waals surface area contributed by atoms with E-state index >= 15 is 0 Å². The van der Waals surface area contributed by atoms with Gasteiger partial charge in [-0.2, -0.15) is 0 Å². The van der Waals surface area contributed by atoms with Crippen LogP contribution < -0.4 is 0 Å². The molecule has 0 aliphatic carbocycles. The molecular weight excluding hydrogens is 100 g/mol. The number of hydrogen-bond donors (Lipinski definition) is 0. The largest absolute Gasteiger partial charge is 0.0986 e. The zero-order valence-corrected chi connectivity index (χ0v) is 6.07. The molecule has 0 aromatic rings. The second-order valence-corrected chi connectivity index (χ2v) is 7.74. The quantitative estimate of drug-likeness (QED) is 0.421. The molecule has 1 aliphatic rings. The topological polar surface area (TPSA) is 0 Å². The van der Waals surface area contributed by atoms with Crippen LogP contribution in [0.25, 0.3) is 0 Å². The molecule has 0 spiro atoms. The monoisotopic (exact) mass is 112 g/mol. The average Bonchev–Trinajstić information content (AvgIpc) is 1.84. The minimum atomic E-state index is -0.721. The predicted octanol–water partition coefficient (Wildman–Crippen LogP) is 2.19. The van der Waals surface area contributed by atoms with Gasteiger partial charge in [0.05, 0.1) is 8.07 Å². The molecule has 1 heterocycles. The van der Waals surface area contributed by atoms with Gasteiger partial charge in [-0.05, 0) is 6.42 Å². The number of allylic oxidation sites excluding steroid dienone is 1. The van der Waals surface area contributed by atoms with Crippen molar-refractivity contribution in [1.29, 1.82) is 0 Å². The fraction of sp³-hybridized carbons (Fsp3) is 0.667. The van der Waals surface area contributed by atoms with Gasteiger partial charge in [-0.25, -0.2) is 0 Å². The van der Waals surface area contributed by atoms with E-state index in [4.69, 9.17) is 0 Å². The highest BCUT2D eigenvalue weighted by Crippen LogP contribution is 2.20. The molecule has 0 amide bonds. The third kappa shape index (κ3) is 1.16. The Morgan fingerprint density at radius 2 is 2.14 bits per heavy atom. The highest BCUT2D eigenvalue weighted by atomic mass is 28.3. The van der Waals surface area contributed by atoms with Gasteiger partial charge in [-0.3, -0.25) is 0 Å². The van der Waals surface area contributed by atoms with E-state index in [0.29, 0.717) is 0 Å². The number of rotatable bonds is 0. The lowest BCUT2D eigenvalue weighted by Gasteiger charge is -2.08. The SMILES string of the molecule is C[Si]1(C)C=CCC1. The molecule has 0 fully saturated rings. The van der Waals surface area contributed by atoms with Crippen LogP contribution in [0.3, 0.4) is 0 Å². The van der Waals surface area contributed by atoms with Gasteiger partial charge in [-0.15, -0.1) is 0 Å². The van der Waals surface area contributed by atoms with Gasteiger partial charge in [0.1, 0.15) is 0 Å². The zero-order chi connectivity index (χ0) is 5.33. The minimum Gasteiger partial charge on any atom is -0.0986 e. The molecule has 0 saturated carbocycles. The fourth-order valence-corrected chi connectivity index (χ4v) is 2.82. The molecule has 0 aromatic carbocycles. The van der Waals surface area contributed by atoms with Gasteiger partial charge in [0.25, 0.3) is 0 Å². The summed E-state index contributed by atoms with van der Waals surface area (Å²) in [5.74, 6) is 0. The van der Waals surface area contributed by atoms with Crippen LogP contribution in [0.1, 0.15) is 6.42 Å². The predicted molar refractivity (Wildman–Crippen MR) is 36.0 cm³/mol. The summed E-state index contributed by atoms with van der Waals surface area (Å²) < 4.78 is 0. The summed E-state index contributed by atoms with van der Waals surface area (Å²) in [7, 11) is -0.721. The van der Waals surface area contributed by atoms with Crippen molar-refractivity contribution in [3.63, 3.8) is 0 Å². The summed E-state index contributed by atoms with van der Waals surface area (Å²) in [6, 6.07) is 1.48. The van der Waals surface area contributed by atoms with Crippen LogP contribution in [0.4, 0.5) is 0 Å². The second kappa shape index (κ2) is 1.48. The Bertz CT molecular complexity index is 92.4. The van der Waals surface area contributed by atoms with Crippen LogP contribution in [-0.4, -0.2) is 8.07 Å². The van der Waals surface area contributed by atoms with E-state index in [-0.39, 0.29) is 0 Å². The first kappa shape index (κ1) is 5.10. The lowest BCUT2D eigenvalue weighted by atomic mass is 10.5. The lowest BCUT2D eigenvalue weighted by Crippen LogP contribution is -2.17. The van der Waals surface area contributed by atoms with Crippen molar-refractivity contribution in [2.45, 2.75) is 25.6 Å². The van der Waals surface area contributed by atoms with Crippen LogP contribution >= 0.6 is 0 Å². The fourth-order valence-electron chi connectivity index (χ4n) is 0.941. The molecule has 0 atom stereocenters. The number of hydrogen-bond acceptors (Lipinski definition) is 0. The standard InChI is InChI=1S/C6H12Si/c1-7(2)5-3-4-6-7/h3,5H,4,6H2,1-2H3. The summed E-state index contributed by atoms with van der Waals surface area (Å²) in [6.07, 6.45) is 3.67. The van der Waals surface area contributed by atoms with Gasteiger partial charge in [-0.1, -0.05) is 30.9 Å². The third-order valence-electron chi connectivity index (χ3n) is 1.52. The molecule has 0 N–H and O–H groups in total. The van der Waals surface area contributed by atoms with Gasteiger partial charge >= 0.3 is 0 Å². The van der Waals surface area contributed by atoms with Gasteiger partial charge in [0.15, 0.2) is 0 Å². The molecule has 0 saturated heterocycles. The molecule has 0 radical (unpaired) electrons. The van der Waals surface area contributed by atoms with Crippen molar-refractivity contribution in [2.75, 3.05) is 0 Å². The van der Waals surface area contributed by atoms with E-state index in [0.717, 1.165) is 0 Å². The summed E-state index contributed by atoms with van der Waals surface area (Å²) >= 11 is 0. The first-order valence-corrected chi connectivity index (χ1v) is 6.17. The lowest BCUT2D eigenvalue weighted by molar-refractivity contribution is 1.21. The van der Waals surface area contributed by atoms with Crippen LogP contribution in [0.15, 0.2) is 11.8 Å². The normalized spacial score (nSPS) is 26.0. The van der Waals surface area contributed by atoms with Crippen LogP contribution in [0, 0.1) is 0 Å². The van der Waals surface area contributed by atoms with Crippen molar-refractivity contribution in [2.24, 2.45) is 0 Å². The molecule has 1 rings (SSSR count). The average molecular weight is 112 g/mol. The molecule has 0 nitrogen and oxygen atoms in total. The van der Waals surface area contributed by atoms with E-state index < -0.39 is 8.07 Å². The molecule has 0 bridgehead atoms. The summed E-state index contributed by atoms with van der Waals surface area (Å²) in [5, 5.41) is 0. The molecule has 1 heteroatoms. The van der Waals surface area contributed by atoms with E-state index in [9.17, 15) is 0 Å². The second-order valence-electron chi connectivity index (χ2n) is 2.93. The van der Waals surface area contributed by atoms with E-state index in [1.165, 1.54) is 12.5 Å². The van der Waals surface area contributed by atoms with Crippen LogP contribution in [0.5, 0.6) is 0 Å². The van der Waals surface area contributed by atoms with E-state index in [1.54, 1.807) is 0 Å². The molecule has 40 valence electrons. The van der Waals surface area contributed by atoms with Crippen LogP contribution in [0.2, 0.25) is 19.1 Å². The smallest absolute Gasteiger partial charge is 0.0716 e. The van der Waals surface area contributed by atoms with E-state index in [1.807, 2.05) is 0 Å². The Balaban J connectivity index is 2.57. The maximum Gasteiger partial charge on any atom is 0.0716 e. The van der Waals surface area contributed by atoms with Crippen molar-refractivity contribution >= 4 is 8.07 Å². The first-order valence-electron chi connectivity index (χ1n) is 2.88. The Kier molecular flexibility index (Phi) is 1.08. The summed E-state index contributed by atoms with van der Waals surface area (Å²) in [6.45, 7) is 4.83. The van der Waals surface area contributed by atoms with Gasteiger partial charge in [0.2, 0.25) is 0 Å². The maximum atomic E-state index is 2.44. The highest BCUT2D eigenvalue weighted by Gasteiger charge is 2.18. The Morgan fingerprint density at radius 3 is 2.29 bits per heavy atom. The third-order valence-corrected chi connectivity index (χ3v) is 4.24. The Morgan fingerprint density at radius 1 is 1.43 bits per heavy atom. The Hall–Kier alpha value is -0.0431. The summed E-state index contributed by atoms with van der Waals surface area (Å²) in [4.78, 5) is 0. The van der Waals surface area contributed by atoms with Crippen molar-refractivity contribution < 1.29 is 0 Å². The highest BCUT2D eigenvalue weighted by molar-refractivity contribution is 6.82.